The Hall–Kier alpha value is -1.77. The van der Waals surface area contributed by atoms with Gasteiger partial charge < -0.3 is 10.2 Å². The molecule has 3 heteroatoms. The number of rotatable bonds is 1. The topological polar surface area (TPSA) is 56.2 Å². The molecule has 1 heterocycles. The van der Waals surface area contributed by atoms with Crippen LogP contribution in [0.15, 0.2) is 22.6 Å². The SMILES string of the molecule is CC(=O)c1oc2ccc(N)cc2c1C. The first kappa shape index (κ1) is 8.81. The van der Waals surface area contributed by atoms with Crippen molar-refractivity contribution < 1.29 is 9.21 Å². The number of fused-ring (bicyclic) bond motifs is 1. The molecule has 0 spiro atoms. The Kier molecular flexibility index (Phi) is 1.81. The lowest BCUT2D eigenvalue weighted by Gasteiger charge is -1.91. The molecule has 0 radical (unpaired) electrons. The number of aryl methyl sites for hydroxylation is 1. The van der Waals surface area contributed by atoms with Gasteiger partial charge in [0, 0.05) is 23.6 Å². The number of Topliss-reactive ketones (excluding diaryl/α,β-unsaturated/α-hetero) is 1. The molecular formula is C11H11NO2. The summed E-state index contributed by atoms with van der Waals surface area (Å²) in [5, 5.41) is 0.912. The normalized spacial score (nSPS) is 10.7. The number of nitrogens with two attached hydrogens (primary N) is 1. The highest BCUT2D eigenvalue weighted by molar-refractivity contribution is 5.99. The van der Waals surface area contributed by atoms with Crippen molar-refractivity contribution in [2.75, 3.05) is 5.73 Å². The maximum atomic E-state index is 11.2. The predicted molar refractivity (Wildman–Crippen MR) is 55.4 cm³/mol. The fraction of sp³-hybridized carbons (Fsp3) is 0.182. The van der Waals surface area contributed by atoms with Crippen LogP contribution >= 0.6 is 0 Å². The van der Waals surface area contributed by atoms with Crippen LogP contribution in [-0.2, 0) is 0 Å². The van der Waals surface area contributed by atoms with Crippen LogP contribution in [0.25, 0.3) is 11.0 Å². The second-order valence-corrected chi connectivity index (χ2v) is 3.37. The number of nitrogen functional groups attached to an aromatic ring is 1. The number of furan rings is 1. The van der Waals surface area contributed by atoms with E-state index >= 15 is 0 Å². The fourth-order valence-corrected chi connectivity index (χ4v) is 1.57. The molecular weight excluding hydrogens is 178 g/mol. The lowest BCUT2D eigenvalue weighted by atomic mass is 10.1. The van der Waals surface area contributed by atoms with Crippen LogP contribution in [0, 0.1) is 6.92 Å². The number of hydrogen-bond donors (Lipinski definition) is 1. The summed E-state index contributed by atoms with van der Waals surface area (Å²) in [5.41, 5.74) is 7.90. The molecule has 14 heavy (non-hydrogen) atoms. The summed E-state index contributed by atoms with van der Waals surface area (Å²) in [6.07, 6.45) is 0. The number of anilines is 1. The Balaban J connectivity index is 2.80. The van der Waals surface area contributed by atoms with Gasteiger partial charge >= 0.3 is 0 Å². The van der Waals surface area contributed by atoms with Crippen molar-refractivity contribution in [1.82, 2.24) is 0 Å². The van der Waals surface area contributed by atoms with Crippen molar-refractivity contribution in [1.29, 1.82) is 0 Å². The first-order valence-electron chi connectivity index (χ1n) is 4.39. The average molecular weight is 189 g/mol. The number of carbonyl (C=O) groups excluding carboxylic acids is 1. The van der Waals surface area contributed by atoms with E-state index in [1.165, 1.54) is 6.92 Å². The smallest absolute Gasteiger partial charge is 0.195 e. The van der Waals surface area contributed by atoms with Gasteiger partial charge in [-0.05, 0) is 25.1 Å². The van der Waals surface area contributed by atoms with Gasteiger partial charge in [0.25, 0.3) is 0 Å². The lowest BCUT2D eigenvalue weighted by Crippen LogP contribution is -1.90. The first-order chi connectivity index (χ1) is 6.59. The second kappa shape index (κ2) is 2.87. The molecule has 1 aromatic heterocycles. The largest absolute Gasteiger partial charge is 0.453 e. The summed E-state index contributed by atoms with van der Waals surface area (Å²) in [5.74, 6) is 0.364. The molecule has 2 rings (SSSR count). The van der Waals surface area contributed by atoms with E-state index in [1.807, 2.05) is 13.0 Å². The third kappa shape index (κ3) is 1.18. The molecule has 0 fully saturated rings. The third-order valence-corrected chi connectivity index (χ3v) is 2.28. The predicted octanol–water partition coefficient (Wildman–Crippen LogP) is 2.53. The number of ketones is 1. The van der Waals surface area contributed by atoms with E-state index < -0.39 is 0 Å². The van der Waals surface area contributed by atoms with E-state index in [1.54, 1.807) is 12.1 Å². The zero-order chi connectivity index (χ0) is 10.3. The monoisotopic (exact) mass is 189 g/mol. The molecule has 0 bridgehead atoms. The minimum atomic E-state index is -0.0581. The summed E-state index contributed by atoms with van der Waals surface area (Å²) in [6, 6.07) is 5.36. The zero-order valence-corrected chi connectivity index (χ0v) is 8.13. The van der Waals surface area contributed by atoms with Gasteiger partial charge in [-0.2, -0.15) is 0 Å². The minimum Gasteiger partial charge on any atom is -0.453 e. The van der Waals surface area contributed by atoms with E-state index in [2.05, 4.69) is 0 Å². The van der Waals surface area contributed by atoms with Crippen molar-refractivity contribution in [2.24, 2.45) is 0 Å². The third-order valence-electron chi connectivity index (χ3n) is 2.28. The van der Waals surface area contributed by atoms with Gasteiger partial charge in [-0.3, -0.25) is 4.79 Å². The summed E-state index contributed by atoms with van der Waals surface area (Å²) >= 11 is 0. The standard InChI is InChI=1S/C11H11NO2/c1-6-9-5-8(12)3-4-10(9)14-11(6)7(2)13/h3-5H,12H2,1-2H3. The van der Waals surface area contributed by atoms with Gasteiger partial charge in [-0.1, -0.05) is 0 Å². The Labute approximate surface area is 81.5 Å². The van der Waals surface area contributed by atoms with Crippen molar-refractivity contribution in [3.05, 3.63) is 29.5 Å². The maximum absolute atomic E-state index is 11.2. The minimum absolute atomic E-state index is 0.0581. The van der Waals surface area contributed by atoms with Crippen molar-refractivity contribution >= 4 is 22.4 Å². The molecule has 0 unspecified atom stereocenters. The molecule has 3 nitrogen and oxygen atoms in total. The van der Waals surface area contributed by atoms with E-state index in [9.17, 15) is 4.79 Å². The van der Waals surface area contributed by atoms with E-state index in [4.69, 9.17) is 10.2 Å². The van der Waals surface area contributed by atoms with Gasteiger partial charge in [-0.25, -0.2) is 0 Å². The summed E-state index contributed by atoms with van der Waals surface area (Å²) in [4.78, 5) is 11.2. The van der Waals surface area contributed by atoms with Crippen LogP contribution in [0.2, 0.25) is 0 Å². The first-order valence-corrected chi connectivity index (χ1v) is 4.39. The van der Waals surface area contributed by atoms with Crippen LogP contribution in [0.3, 0.4) is 0 Å². The molecule has 2 aromatic rings. The maximum Gasteiger partial charge on any atom is 0.195 e. The fourth-order valence-electron chi connectivity index (χ4n) is 1.57. The van der Waals surface area contributed by atoms with Crippen LogP contribution in [0.4, 0.5) is 5.69 Å². The Morgan fingerprint density at radius 3 is 2.79 bits per heavy atom. The average Bonchev–Trinajstić information content (AvgIpc) is 2.44. The molecule has 0 atom stereocenters. The Morgan fingerprint density at radius 2 is 2.14 bits per heavy atom. The number of benzene rings is 1. The highest BCUT2D eigenvalue weighted by Crippen LogP contribution is 2.27. The summed E-state index contributed by atoms with van der Waals surface area (Å²) in [7, 11) is 0. The molecule has 72 valence electrons. The molecule has 0 aliphatic heterocycles. The van der Waals surface area contributed by atoms with Crippen molar-refractivity contribution in [3.63, 3.8) is 0 Å². The van der Waals surface area contributed by atoms with Gasteiger partial charge in [0.2, 0.25) is 0 Å². The lowest BCUT2D eigenvalue weighted by molar-refractivity contribution is 0.0988. The highest BCUT2D eigenvalue weighted by atomic mass is 16.3. The van der Waals surface area contributed by atoms with Crippen LogP contribution in [-0.4, -0.2) is 5.78 Å². The van der Waals surface area contributed by atoms with Gasteiger partial charge in [0.05, 0.1) is 0 Å². The van der Waals surface area contributed by atoms with Crippen LogP contribution < -0.4 is 5.73 Å². The van der Waals surface area contributed by atoms with E-state index in [0.29, 0.717) is 17.0 Å². The molecule has 0 aliphatic rings. The molecule has 0 amide bonds. The molecule has 0 saturated carbocycles. The zero-order valence-electron chi connectivity index (χ0n) is 8.13. The van der Waals surface area contributed by atoms with Crippen LogP contribution in [0.1, 0.15) is 23.0 Å². The Bertz CT molecular complexity index is 511. The van der Waals surface area contributed by atoms with E-state index in [-0.39, 0.29) is 5.78 Å². The quantitative estimate of drug-likeness (QED) is 0.554. The molecule has 0 aliphatic carbocycles. The number of hydrogen-bond acceptors (Lipinski definition) is 3. The molecule has 1 aromatic carbocycles. The van der Waals surface area contributed by atoms with Gasteiger partial charge in [0.1, 0.15) is 5.58 Å². The summed E-state index contributed by atoms with van der Waals surface area (Å²) < 4.78 is 5.41. The van der Waals surface area contributed by atoms with E-state index in [0.717, 1.165) is 10.9 Å². The van der Waals surface area contributed by atoms with Crippen LogP contribution in [0.5, 0.6) is 0 Å². The van der Waals surface area contributed by atoms with Crippen molar-refractivity contribution in [3.8, 4) is 0 Å². The Morgan fingerprint density at radius 1 is 1.43 bits per heavy atom. The van der Waals surface area contributed by atoms with Crippen molar-refractivity contribution in [2.45, 2.75) is 13.8 Å². The summed E-state index contributed by atoms with van der Waals surface area (Å²) in [6.45, 7) is 3.36. The highest BCUT2D eigenvalue weighted by Gasteiger charge is 2.13. The molecule has 0 saturated heterocycles. The number of carbonyl (C=O) groups is 1. The molecule has 2 N–H and O–H groups in total. The van der Waals surface area contributed by atoms with Gasteiger partial charge in [0.15, 0.2) is 11.5 Å². The second-order valence-electron chi connectivity index (χ2n) is 3.37. The van der Waals surface area contributed by atoms with Gasteiger partial charge in [-0.15, -0.1) is 0 Å².